The van der Waals surface area contributed by atoms with E-state index in [0.717, 1.165) is 11.3 Å². The lowest BCUT2D eigenvalue weighted by Crippen LogP contribution is -2.16. The van der Waals surface area contributed by atoms with Gasteiger partial charge in [0.25, 0.3) is 0 Å². The van der Waals surface area contributed by atoms with Gasteiger partial charge in [0.2, 0.25) is 5.91 Å². The Morgan fingerprint density at radius 1 is 1.15 bits per heavy atom. The molecule has 0 aromatic heterocycles. The van der Waals surface area contributed by atoms with E-state index in [1.807, 2.05) is 31.2 Å². The average Bonchev–Trinajstić information content (AvgIpc) is 2.41. The summed E-state index contributed by atoms with van der Waals surface area (Å²) in [5.41, 5.74) is 2.52. The van der Waals surface area contributed by atoms with E-state index < -0.39 is 0 Å². The number of hydrogen-bond acceptors (Lipinski definition) is 2. The topological polar surface area (TPSA) is 41.1 Å². The van der Waals surface area contributed by atoms with Crippen LogP contribution in [-0.2, 0) is 4.79 Å². The molecule has 0 bridgehead atoms. The van der Waals surface area contributed by atoms with Crippen molar-refractivity contribution >= 4 is 17.3 Å². The fourth-order valence-electron chi connectivity index (χ4n) is 1.84. The van der Waals surface area contributed by atoms with Crippen LogP contribution in [-0.4, -0.2) is 12.5 Å². The van der Waals surface area contributed by atoms with Gasteiger partial charge in [-0.2, -0.15) is 0 Å². The molecule has 20 heavy (non-hydrogen) atoms. The zero-order valence-electron chi connectivity index (χ0n) is 11.3. The highest BCUT2D eigenvalue weighted by molar-refractivity contribution is 5.91. The fourth-order valence-corrected chi connectivity index (χ4v) is 1.84. The van der Waals surface area contributed by atoms with Crippen molar-refractivity contribution < 1.29 is 9.18 Å². The van der Waals surface area contributed by atoms with Crippen molar-refractivity contribution in [2.75, 3.05) is 17.2 Å². The number of amides is 1. The third kappa shape index (κ3) is 4.09. The molecule has 0 unspecified atom stereocenters. The largest absolute Gasteiger partial charge is 0.384 e. The smallest absolute Gasteiger partial charge is 0.226 e. The molecule has 4 heteroatoms. The summed E-state index contributed by atoms with van der Waals surface area (Å²) in [6.45, 7) is 2.40. The Bertz CT molecular complexity index is 599. The van der Waals surface area contributed by atoms with Crippen LogP contribution in [0.25, 0.3) is 0 Å². The van der Waals surface area contributed by atoms with Crippen molar-refractivity contribution in [3.8, 4) is 0 Å². The van der Waals surface area contributed by atoms with Gasteiger partial charge in [-0.3, -0.25) is 4.79 Å². The highest BCUT2D eigenvalue weighted by Gasteiger charge is 2.04. The molecule has 2 rings (SSSR count). The predicted molar refractivity (Wildman–Crippen MR) is 79.3 cm³/mol. The highest BCUT2D eigenvalue weighted by atomic mass is 19.1. The Balaban J connectivity index is 1.80. The van der Waals surface area contributed by atoms with Gasteiger partial charge in [-0.05, 0) is 36.8 Å². The van der Waals surface area contributed by atoms with E-state index in [0.29, 0.717) is 18.7 Å². The number of rotatable bonds is 5. The molecule has 0 saturated heterocycles. The van der Waals surface area contributed by atoms with Crippen molar-refractivity contribution in [1.29, 1.82) is 0 Å². The maximum absolute atomic E-state index is 13.0. The third-order valence-corrected chi connectivity index (χ3v) is 2.92. The Morgan fingerprint density at radius 2 is 1.95 bits per heavy atom. The number of para-hydroxylation sites is 1. The number of aryl methyl sites for hydroxylation is 1. The predicted octanol–water partition coefficient (Wildman–Crippen LogP) is 3.57. The van der Waals surface area contributed by atoms with Crippen molar-refractivity contribution in [1.82, 2.24) is 0 Å². The molecular weight excluding hydrogens is 255 g/mol. The lowest BCUT2D eigenvalue weighted by Gasteiger charge is -2.09. The Labute approximate surface area is 117 Å². The van der Waals surface area contributed by atoms with Crippen LogP contribution in [0, 0.1) is 12.7 Å². The lowest BCUT2D eigenvalue weighted by atomic mass is 10.2. The van der Waals surface area contributed by atoms with E-state index in [2.05, 4.69) is 10.6 Å². The van der Waals surface area contributed by atoms with E-state index in [-0.39, 0.29) is 11.7 Å². The molecule has 2 aromatic carbocycles. The summed E-state index contributed by atoms with van der Waals surface area (Å²) in [5, 5.41) is 5.87. The van der Waals surface area contributed by atoms with Crippen LogP contribution in [0.3, 0.4) is 0 Å². The quantitative estimate of drug-likeness (QED) is 0.873. The van der Waals surface area contributed by atoms with Crippen molar-refractivity contribution in [2.45, 2.75) is 13.3 Å². The summed E-state index contributed by atoms with van der Waals surface area (Å²) >= 11 is 0. The third-order valence-electron chi connectivity index (χ3n) is 2.92. The van der Waals surface area contributed by atoms with Crippen molar-refractivity contribution in [3.63, 3.8) is 0 Å². The fraction of sp³-hybridized carbons (Fsp3) is 0.188. The SMILES string of the molecule is Cc1ccccc1NC(=O)CCNc1cccc(F)c1. The molecule has 104 valence electrons. The summed E-state index contributed by atoms with van der Waals surface area (Å²) in [6.07, 6.45) is 0.324. The van der Waals surface area contributed by atoms with E-state index in [9.17, 15) is 9.18 Å². The Hall–Kier alpha value is -2.36. The molecule has 0 heterocycles. The number of carbonyl (C=O) groups excluding carboxylic acids is 1. The maximum Gasteiger partial charge on any atom is 0.226 e. The van der Waals surface area contributed by atoms with Crippen LogP contribution >= 0.6 is 0 Å². The van der Waals surface area contributed by atoms with E-state index >= 15 is 0 Å². The van der Waals surface area contributed by atoms with Gasteiger partial charge < -0.3 is 10.6 Å². The molecule has 0 saturated carbocycles. The first-order chi connectivity index (χ1) is 9.65. The number of nitrogens with one attached hydrogen (secondary N) is 2. The molecule has 0 radical (unpaired) electrons. The van der Waals surface area contributed by atoms with Crippen molar-refractivity contribution in [2.24, 2.45) is 0 Å². The molecule has 2 N–H and O–H groups in total. The second-order valence-corrected chi connectivity index (χ2v) is 4.55. The van der Waals surface area contributed by atoms with Crippen LogP contribution in [0.1, 0.15) is 12.0 Å². The number of carbonyl (C=O) groups is 1. The van der Waals surface area contributed by atoms with E-state index in [1.54, 1.807) is 12.1 Å². The van der Waals surface area contributed by atoms with Crippen LogP contribution < -0.4 is 10.6 Å². The second-order valence-electron chi connectivity index (χ2n) is 4.55. The molecule has 0 fully saturated rings. The van der Waals surface area contributed by atoms with Crippen LogP contribution in [0.4, 0.5) is 15.8 Å². The van der Waals surface area contributed by atoms with Gasteiger partial charge in [0.05, 0.1) is 0 Å². The van der Waals surface area contributed by atoms with E-state index in [1.165, 1.54) is 12.1 Å². The molecule has 0 aliphatic rings. The monoisotopic (exact) mass is 272 g/mol. The highest BCUT2D eigenvalue weighted by Crippen LogP contribution is 2.13. The molecular formula is C16H17FN2O. The first kappa shape index (κ1) is 14.1. The second kappa shape index (κ2) is 6.70. The van der Waals surface area contributed by atoms with Crippen molar-refractivity contribution in [3.05, 3.63) is 59.9 Å². The molecule has 0 spiro atoms. The molecule has 0 aliphatic carbocycles. The minimum atomic E-state index is -0.292. The van der Waals surface area contributed by atoms with Gasteiger partial charge in [-0.15, -0.1) is 0 Å². The van der Waals surface area contributed by atoms with Gasteiger partial charge in [0.1, 0.15) is 5.82 Å². The number of hydrogen-bond donors (Lipinski definition) is 2. The van der Waals surface area contributed by atoms with Crippen LogP contribution in [0.15, 0.2) is 48.5 Å². The zero-order valence-corrected chi connectivity index (χ0v) is 11.3. The van der Waals surface area contributed by atoms with Gasteiger partial charge >= 0.3 is 0 Å². The van der Waals surface area contributed by atoms with Crippen LogP contribution in [0.5, 0.6) is 0 Å². The standard InChI is InChI=1S/C16H17FN2O/c1-12-5-2-3-8-15(12)19-16(20)9-10-18-14-7-4-6-13(17)11-14/h2-8,11,18H,9-10H2,1H3,(H,19,20). The first-order valence-electron chi connectivity index (χ1n) is 6.50. The summed E-state index contributed by atoms with van der Waals surface area (Å²) in [6, 6.07) is 13.8. The molecule has 1 amide bonds. The summed E-state index contributed by atoms with van der Waals surface area (Å²) < 4.78 is 13.0. The maximum atomic E-state index is 13.0. The summed E-state index contributed by atoms with van der Waals surface area (Å²) in [4.78, 5) is 11.8. The summed E-state index contributed by atoms with van der Waals surface area (Å²) in [7, 11) is 0. The van der Waals surface area contributed by atoms with Gasteiger partial charge in [-0.25, -0.2) is 4.39 Å². The Morgan fingerprint density at radius 3 is 2.70 bits per heavy atom. The Kier molecular flexibility index (Phi) is 4.71. The van der Waals surface area contributed by atoms with Crippen LogP contribution in [0.2, 0.25) is 0 Å². The number of anilines is 2. The van der Waals surface area contributed by atoms with Gasteiger partial charge in [0, 0.05) is 24.3 Å². The first-order valence-corrected chi connectivity index (χ1v) is 6.50. The molecule has 2 aromatic rings. The normalized spacial score (nSPS) is 10.1. The number of benzene rings is 2. The molecule has 0 aliphatic heterocycles. The van der Waals surface area contributed by atoms with E-state index in [4.69, 9.17) is 0 Å². The summed E-state index contributed by atoms with van der Waals surface area (Å²) in [5.74, 6) is -0.359. The average molecular weight is 272 g/mol. The minimum absolute atomic E-state index is 0.0665. The number of halogens is 1. The zero-order chi connectivity index (χ0) is 14.4. The minimum Gasteiger partial charge on any atom is -0.384 e. The lowest BCUT2D eigenvalue weighted by molar-refractivity contribution is -0.115. The molecule has 3 nitrogen and oxygen atoms in total. The molecule has 0 atom stereocenters. The van der Waals surface area contributed by atoms with Gasteiger partial charge in [-0.1, -0.05) is 24.3 Å². The van der Waals surface area contributed by atoms with Gasteiger partial charge in [0.15, 0.2) is 0 Å².